The van der Waals surface area contributed by atoms with Gasteiger partial charge in [-0.25, -0.2) is 4.98 Å². The number of thiazole rings is 1. The van der Waals surface area contributed by atoms with Crippen molar-refractivity contribution in [2.45, 2.75) is 32.4 Å². The molecule has 1 aliphatic heterocycles. The standard InChI is InChI=1S/C25H29N3O5S/c1-4-21(29)28(2)14-16-6-8-17(9-7-16)24(30)27-25-26-22-20(34-25)11-10-18(23(22)31-3)19-15-32-12-5-13-33-19/h6-11,19H,4-5,12-15H2,1-3H3,(H,26,27,30). The van der Waals surface area contributed by atoms with Gasteiger partial charge in [-0.2, -0.15) is 0 Å². The van der Waals surface area contributed by atoms with Crippen LogP contribution in [0.15, 0.2) is 36.4 Å². The van der Waals surface area contributed by atoms with E-state index in [2.05, 4.69) is 10.3 Å². The molecule has 0 aliphatic carbocycles. The number of amides is 2. The van der Waals surface area contributed by atoms with Crippen LogP contribution in [0.2, 0.25) is 0 Å². The van der Waals surface area contributed by atoms with Gasteiger partial charge in [0.2, 0.25) is 5.91 Å². The number of fused-ring (bicyclic) bond motifs is 1. The molecule has 1 unspecified atom stereocenters. The largest absolute Gasteiger partial charge is 0.494 e. The van der Waals surface area contributed by atoms with Gasteiger partial charge in [-0.3, -0.25) is 14.9 Å². The van der Waals surface area contributed by atoms with Gasteiger partial charge in [0.25, 0.3) is 5.91 Å². The summed E-state index contributed by atoms with van der Waals surface area (Å²) in [7, 11) is 3.38. The predicted octanol–water partition coefficient (Wildman–Crippen LogP) is 4.40. The van der Waals surface area contributed by atoms with Crippen molar-refractivity contribution in [3.63, 3.8) is 0 Å². The smallest absolute Gasteiger partial charge is 0.257 e. The third kappa shape index (κ3) is 5.38. The SMILES string of the molecule is CCC(=O)N(C)Cc1ccc(C(=O)Nc2nc3c(OC)c(C4COCCCO4)ccc3s2)cc1. The molecule has 3 aromatic rings. The quantitative estimate of drug-likeness (QED) is 0.536. The Labute approximate surface area is 202 Å². The molecular weight excluding hydrogens is 454 g/mol. The Balaban J connectivity index is 1.49. The van der Waals surface area contributed by atoms with Crippen LogP contribution in [0.4, 0.5) is 5.13 Å². The van der Waals surface area contributed by atoms with Gasteiger partial charge < -0.3 is 19.1 Å². The highest BCUT2D eigenvalue weighted by Gasteiger charge is 2.23. The van der Waals surface area contributed by atoms with Crippen LogP contribution in [-0.4, -0.2) is 55.7 Å². The Kier molecular flexibility index (Phi) is 7.77. The second kappa shape index (κ2) is 10.9. The summed E-state index contributed by atoms with van der Waals surface area (Å²) in [6, 6.07) is 11.2. The second-order valence-corrected chi connectivity index (χ2v) is 9.13. The number of nitrogens with one attached hydrogen (secondary N) is 1. The fourth-order valence-electron chi connectivity index (χ4n) is 3.87. The monoisotopic (exact) mass is 483 g/mol. The number of anilines is 1. The van der Waals surface area contributed by atoms with Crippen LogP contribution in [0.3, 0.4) is 0 Å². The van der Waals surface area contributed by atoms with E-state index in [1.165, 1.54) is 11.3 Å². The third-order valence-electron chi connectivity index (χ3n) is 5.70. The number of aromatic nitrogens is 1. The molecule has 9 heteroatoms. The Morgan fingerprint density at radius 1 is 1.21 bits per heavy atom. The lowest BCUT2D eigenvalue weighted by Crippen LogP contribution is -2.25. The number of methoxy groups -OCH3 is 1. The number of hydrogen-bond donors (Lipinski definition) is 1. The first-order valence-electron chi connectivity index (χ1n) is 11.3. The average molecular weight is 484 g/mol. The molecule has 1 aliphatic rings. The van der Waals surface area contributed by atoms with Gasteiger partial charge in [-0.05, 0) is 30.2 Å². The van der Waals surface area contributed by atoms with Crippen molar-refractivity contribution in [2.24, 2.45) is 0 Å². The molecule has 1 aromatic heterocycles. The van der Waals surface area contributed by atoms with Crippen molar-refractivity contribution in [3.05, 3.63) is 53.1 Å². The van der Waals surface area contributed by atoms with Crippen LogP contribution < -0.4 is 10.1 Å². The maximum absolute atomic E-state index is 12.8. The van der Waals surface area contributed by atoms with Crippen molar-refractivity contribution in [1.82, 2.24) is 9.88 Å². The number of nitrogens with zero attached hydrogens (tertiary/aromatic N) is 2. The van der Waals surface area contributed by atoms with Gasteiger partial charge in [-0.1, -0.05) is 36.5 Å². The molecule has 4 rings (SSSR count). The van der Waals surface area contributed by atoms with Gasteiger partial charge >= 0.3 is 0 Å². The van der Waals surface area contributed by atoms with E-state index in [9.17, 15) is 9.59 Å². The summed E-state index contributed by atoms with van der Waals surface area (Å²) in [5.74, 6) is 0.470. The highest BCUT2D eigenvalue weighted by atomic mass is 32.1. The molecule has 1 N–H and O–H groups in total. The lowest BCUT2D eigenvalue weighted by Gasteiger charge is -2.18. The Bertz CT molecular complexity index is 1150. The van der Waals surface area contributed by atoms with Crippen molar-refractivity contribution in [2.75, 3.05) is 39.3 Å². The fourth-order valence-corrected chi connectivity index (χ4v) is 4.73. The van der Waals surface area contributed by atoms with E-state index in [1.54, 1.807) is 31.2 Å². The van der Waals surface area contributed by atoms with E-state index in [0.29, 0.717) is 54.7 Å². The van der Waals surface area contributed by atoms with Crippen molar-refractivity contribution < 1.29 is 23.8 Å². The zero-order valence-corrected chi connectivity index (χ0v) is 20.4. The first-order chi connectivity index (χ1) is 16.5. The first kappa shape index (κ1) is 24.1. The van der Waals surface area contributed by atoms with Gasteiger partial charge in [0.05, 0.1) is 18.4 Å². The van der Waals surface area contributed by atoms with Crippen molar-refractivity contribution in [3.8, 4) is 5.75 Å². The molecule has 1 fully saturated rings. The minimum Gasteiger partial charge on any atom is -0.494 e. The van der Waals surface area contributed by atoms with Crippen molar-refractivity contribution in [1.29, 1.82) is 0 Å². The average Bonchev–Trinajstić information content (AvgIpc) is 3.06. The molecule has 0 saturated carbocycles. The number of carbonyl (C=O) groups excluding carboxylic acids is 2. The fraction of sp³-hybridized carbons (Fsp3) is 0.400. The number of rotatable bonds is 7. The predicted molar refractivity (Wildman–Crippen MR) is 131 cm³/mol. The summed E-state index contributed by atoms with van der Waals surface area (Å²) < 4.78 is 18.2. The lowest BCUT2D eigenvalue weighted by atomic mass is 10.1. The Hall–Kier alpha value is -3.01. The normalized spacial score (nSPS) is 16.1. The number of benzene rings is 2. The molecule has 34 heavy (non-hydrogen) atoms. The summed E-state index contributed by atoms with van der Waals surface area (Å²) in [4.78, 5) is 30.9. The Morgan fingerprint density at radius 3 is 2.74 bits per heavy atom. The van der Waals surface area contributed by atoms with Crippen LogP contribution in [0.5, 0.6) is 5.75 Å². The van der Waals surface area contributed by atoms with E-state index in [1.807, 2.05) is 31.2 Å². The van der Waals surface area contributed by atoms with E-state index in [0.717, 1.165) is 22.2 Å². The van der Waals surface area contributed by atoms with E-state index in [-0.39, 0.29) is 17.9 Å². The zero-order valence-electron chi connectivity index (χ0n) is 19.6. The van der Waals surface area contributed by atoms with E-state index >= 15 is 0 Å². The number of ether oxygens (including phenoxy) is 3. The summed E-state index contributed by atoms with van der Waals surface area (Å²) in [5, 5.41) is 3.38. The molecule has 2 amide bonds. The number of carbonyl (C=O) groups is 2. The van der Waals surface area contributed by atoms with E-state index < -0.39 is 0 Å². The summed E-state index contributed by atoms with van der Waals surface area (Å²) >= 11 is 1.39. The minimum atomic E-state index is -0.247. The Morgan fingerprint density at radius 2 is 2.00 bits per heavy atom. The molecule has 180 valence electrons. The van der Waals surface area contributed by atoms with Crippen LogP contribution in [-0.2, 0) is 20.8 Å². The number of hydrogen-bond acceptors (Lipinski definition) is 7. The van der Waals surface area contributed by atoms with Crippen molar-refractivity contribution >= 4 is 38.5 Å². The molecule has 2 aromatic carbocycles. The molecular formula is C25H29N3O5S. The lowest BCUT2D eigenvalue weighted by molar-refractivity contribution is -0.130. The first-order valence-corrected chi connectivity index (χ1v) is 12.1. The topological polar surface area (TPSA) is 90.0 Å². The van der Waals surface area contributed by atoms with Crippen LogP contribution in [0, 0.1) is 0 Å². The van der Waals surface area contributed by atoms with Crippen LogP contribution >= 0.6 is 11.3 Å². The summed E-state index contributed by atoms with van der Waals surface area (Å²) in [6.45, 7) is 4.12. The molecule has 1 saturated heterocycles. The molecule has 0 bridgehead atoms. The third-order valence-corrected chi connectivity index (χ3v) is 6.64. The molecule has 2 heterocycles. The second-order valence-electron chi connectivity index (χ2n) is 8.10. The minimum absolute atomic E-state index is 0.0781. The molecule has 0 radical (unpaired) electrons. The maximum Gasteiger partial charge on any atom is 0.257 e. The molecule has 1 atom stereocenters. The summed E-state index contributed by atoms with van der Waals surface area (Å²) in [6.07, 6.45) is 1.11. The summed E-state index contributed by atoms with van der Waals surface area (Å²) in [5.41, 5.74) is 3.06. The van der Waals surface area contributed by atoms with Crippen LogP contribution in [0.1, 0.15) is 47.4 Å². The van der Waals surface area contributed by atoms with Gasteiger partial charge in [0.1, 0.15) is 11.6 Å². The zero-order chi connectivity index (χ0) is 24.1. The highest BCUT2D eigenvalue weighted by Crippen LogP contribution is 2.39. The molecule has 8 nitrogen and oxygen atoms in total. The van der Waals surface area contributed by atoms with Gasteiger partial charge in [0, 0.05) is 44.4 Å². The van der Waals surface area contributed by atoms with Gasteiger partial charge in [0.15, 0.2) is 10.9 Å². The van der Waals surface area contributed by atoms with Crippen LogP contribution in [0.25, 0.3) is 10.2 Å². The van der Waals surface area contributed by atoms with E-state index in [4.69, 9.17) is 14.2 Å². The highest BCUT2D eigenvalue weighted by molar-refractivity contribution is 7.22. The molecule has 0 spiro atoms. The van der Waals surface area contributed by atoms with Gasteiger partial charge in [-0.15, -0.1) is 0 Å². The maximum atomic E-state index is 12.8.